The summed E-state index contributed by atoms with van der Waals surface area (Å²) in [5, 5.41) is 6.30. The zero-order chi connectivity index (χ0) is 16.2. The van der Waals surface area contributed by atoms with Gasteiger partial charge < -0.3 is 15.5 Å². The molecule has 1 aromatic rings. The third-order valence-corrected chi connectivity index (χ3v) is 5.65. The second-order valence-corrected chi connectivity index (χ2v) is 8.57. The van der Waals surface area contributed by atoms with Crippen LogP contribution >= 0.6 is 39.7 Å². The molecule has 0 saturated carbocycles. The van der Waals surface area contributed by atoms with Crippen molar-refractivity contribution in [2.24, 2.45) is 5.41 Å². The molecule has 0 spiro atoms. The molecule has 1 fully saturated rings. The van der Waals surface area contributed by atoms with E-state index >= 15 is 0 Å². The predicted molar refractivity (Wildman–Crippen MR) is 99.4 cm³/mol. The zero-order valence-corrected chi connectivity index (χ0v) is 16.6. The Morgan fingerprint density at radius 3 is 2.61 bits per heavy atom. The fourth-order valence-corrected chi connectivity index (χ4v) is 3.86. The Balaban J connectivity index is 0.00000264. The van der Waals surface area contributed by atoms with E-state index in [-0.39, 0.29) is 36.2 Å². The normalized spacial score (nSPS) is 16.3. The van der Waals surface area contributed by atoms with E-state index in [2.05, 4.69) is 33.5 Å². The SMILES string of the molecule is CN(CC(=O)NCC1(C)CCNCC1)C(=O)c1ccc(Br)s1.Cl. The summed E-state index contributed by atoms with van der Waals surface area (Å²) in [4.78, 5) is 26.3. The van der Waals surface area contributed by atoms with Crippen LogP contribution in [0.2, 0.25) is 0 Å². The van der Waals surface area contributed by atoms with Crippen molar-refractivity contribution in [2.75, 3.05) is 33.2 Å². The van der Waals surface area contributed by atoms with Crippen LogP contribution in [0.1, 0.15) is 29.4 Å². The highest BCUT2D eigenvalue weighted by Crippen LogP contribution is 2.26. The molecule has 2 rings (SSSR count). The molecular formula is C15H23BrClN3O2S. The maximum atomic E-state index is 12.2. The largest absolute Gasteiger partial charge is 0.354 e. The van der Waals surface area contributed by atoms with Crippen molar-refractivity contribution in [1.29, 1.82) is 0 Å². The Labute approximate surface area is 155 Å². The standard InChI is InChI=1S/C15H22BrN3O2S.ClH/c1-15(5-7-17-8-6-15)10-18-13(20)9-19(2)14(21)11-3-4-12(16)22-11;/h3-4,17H,5-10H2,1-2H3,(H,18,20);1H. The number of nitrogens with one attached hydrogen (secondary N) is 2. The van der Waals surface area contributed by atoms with E-state index in [9.17, 15) is 9.59 Å². The van der Waals surface area contributed by atoms with Crippen molar-refractivity contribution < 1.29 is 9.59 Å². The van der Waals surface area contributed by atoms with E-state index in [1.165, 1.54) is 16.2 Å². The Morgan fingerprint density at radius 1 is 1.39 bits per heavy atom. The lowest BCUT2D eigenvalue weighted by Gasteiger charge is -2.34. The first kappa shape index (κ1) is 20.4. The molecule has 0 aromatic carbocycles. The fourth-order valence-electron chi connectivity index (χ4n) is 2.48. The Kier molecular flexibility index (Phi) is 8.00. The van der Waals surface area contributed by atoms with Gasteiger partial charge >= 0.3 is 0 Å². The summed E-state index contributed by atoms with van der Waals surface area (Å²) >= 11 is 4.71. The molecule has 1 saturated heterocycles. The molecule has 5 nitrogen and oxygen atoms in total. The molecule has 0 radical (unpaired) electrons. The fraction of sp³-hybridized carbons (Fsp3) is 0.600. The summed E-state index contributed by atoms with van der Waals surface area (Å²) in [6.07, 6.45) is 2.12. The first-order chi connectivity index (χ1) is 10.4. The number of amides is 2. The summed E-state index contributed by atoms with van der Waals surface area (Å²) in [6, 6.07) is 3.60. The lowest BCUT2D eigenvalue weighted by molar-refractivity contribution is -0.122. The van der Waals surface area contributed by atoms with Crippen LogP contribution in [-0.2, 0) is 4.79 Å². The van der Waals surface area contributed by atoms with Gasteiger partial charge in [0.05, 0.1) is 15.2 Å². The summed E-state index contributed by atoms with van der Waals surface area (Å²) in [5.74, 6) is -0.231. The predicted octanol–water partition coefficient (Wildman–Crippen LogP) is 2.51. The third kappa shape index (κ3) is 6.06. The lowest BCUT2D eigenvalue weighted by Crippen LogP contribution is -2.45. The topological polar surface area (TPSA) is 61.4 Å². The van der Waals surface area contributed by atoms with Gasteiger partial charge in [-0.15, -0.1) is 23.7 Å². The van der Waals surface area contributed by atoms with E-state index < -0.39 is 0 Å². The summed E-state index contributed by atoms with van der Waals surface area (Å²) in [7, 11) is 1.65. The summed E-state index contributed by atoms with van der Waals surface area (Å²) < 4.78 is 0.910. The van der Waals surface area contributed by atoms with Crippen LogP contribution in [0.4, 0.5) is 0 Å². The number of hydrogen-bond donors (Lipinski definition) is 2. The Morgan fingerprint density at radius 2 is 2.04 bits per heavy atom. The van der Waals surface area contributed by atoms with Gasteiger partial charge in [-0.1, -0.05) is 6.92 Å². The average molecular weight is 425 g/mol. The highest BCUT2D eigenvalue weighted by molar-refractivity contribution is 9.11. The van der Waals surface area contributed by atoms with Crippen molar-refractivity contribution in [1.82, 2.24) is 15.5 Å². The Hall–Kier alpha value is -0.630. The number of carbonyl (C=O) groups is 2. The van der Waals surface area contributed by atoms with Gasteiger partial charge in [0.2, 0.25) is 5.91 Å². The maximum absolute atomic E-state index is 12.2. The van der Waals surface area contributed by atoms with Gasteiger partial charge in [-0.3, -0.25) is 9.59 Å². The molecule has 8 heteroatoms. The smallest absolute Gasteiger partial charge is 0.264 e. The minimum absolute atomic E-state index is 0. The van der Waals surface area contributed by atoms with Crippen LogP contribution in [-0.4, -0.2) is 49.9 Å². The third-order valence-electron chi connectivity index (χ3n) is 4.03. The summed E-state index contributed by atoms with van der Waals surface area (Å²) in [6.45, 7) is 4.95. The van der Waals surface area contributed by atoms with Crippen LogP contribution in [0.3, 0.4) is 0 Å². The number of rotatable bonds is 5. The molecule has 1 aliphatic heterocycles. The van der Waals surface area contributed by atoms with E-state index in [1.54, 1.807) is 13.1 Å². The van der Waals surface area contributed by atoms with Crippen LogP contribution in [0, 0.1) is 5.41 Å². The number of piperidine rings is 1. The Bertz CT molecular complexity index is 547. The van der Waals surface area contributed by atoms with Gasteiger partial charge in [0, 0.05) is 13.6 Å². The van der Waals surface area contributed by atoms with Crippen molar-refractivity contribution in [2.45, 2.75) is 19.8 Å². The van der Waals surface area contributed by atoms with Crippen molar-refractivity contribution in [3.05, 3.63) is 20.8 Å². The van der Waals surface area contributed by atoms with Gasteiger partial charge in [0.1, 0.15) is 0 Å². The van der Waals surface area contributed by atoms with E-state index in [0.717, 1.165) is 29.7 Å². The van der Waals surface area contributed by atoms with E-state index in [0.29, 0.717) is 11.4 Å². The van der Waals surface area contributed by atoms with Gasteiger partial charge in [-0.05, 0) is 59.4 Å². The minimum atomic E-state index is -0.126. The van der Waals surface area contributed by atoms with Gasteiger partial charge in [-0.2, -0.15) is 0 Å². The molecule has 0 bridgehead atoms. The van der Waals surface area contributed by atoms with Crippen LogP contribution < -0.4 is 10.6 Å². The minimum Gasteiger partial charge on any atom is -0.354 e. The number of nitrogens with zero attached hydrogens (tertiary/aromatic N) is 1. The molecule has 23 heavy (non-hydrogen) atoms. The molecule has 130 valence electrons. The highest BCUT2D eigenvalue weighted by atomic mass is 79.9. The molecule has 0 atom stereocenters. The number of hydrogen-bond acceptors (Lipinski definition) is 4. The lowest BCUT2D eigenvalue weighted by atomic mass is 9.81. The number of carbonyl (C=O) groups excluding carboxylic acids is 2. The van der Waals surface area contributed by atoms with Gasteiger partial charge in [-0.25, -0.2) is 0 Å². The van der Waals surface area contributed by atoms with Crippen LogP contribution in [0.25, 0.3) is 0 Å². The molecule has 1 aromatic heterocycles. The van der Waals surface area contributed by atoms with Gasteiger partial charge in [0.15, 0.2) is 0 Å². The number of halogens is 2. The first-order valence-electron chi connectivity index (χ1n) is 7.38. The molecule has 2 amide bonds. The van der Waals surface area contributed by atoms with Crippen molar-refractivity contribution >= 4 is 51.5 Å². The van der Waals surface area contributed by atoms with Crippen molar-refractivity contribution in [3.63, 3.8) is 0 Å². The molecule has 2 heterocycles. The molecule has 2 N–H and O–H groups in total. The molecule has 0 unspecified atom stereocenters. The maximum Gasteiger partial charge on any atom is 0.264 e. The number of likely N-dealkylation sites (N-methyl/N-ethyl adjacent to an activating group) is 1. The highest BCUT2D eigenvalue weighted by Gasteiger charge is 2.27. The summed E-state index contributed by atoms with van der Waals surface area (Å²) in [5.41, 5.74) is 0.155. The van der Waals surface area contributed by atoms with Crippen LogP contribution in [0.5, 0.6) is 0 Å². The molecule has 0 aliphatic carbocycles. The van der Waals surface area contributed by atoms with E-state index in [4.69, 9.17) is 0 Å². The quantitative estimate of drug-likeness (QED) is 0.763. The molecular weight excluding hydrogens is 402 g/mol. The average Bonchev–Trinajstić information content (AvgIpc) is 2.92. The monoisotopic (exact) mass is 423 g/mol. The zero-order valence-electron chi connectivity index (χ0n) is 13.4. The molecule has 1 aliphatic rings. The first-order valence-corrected chi connectivity index (χ1v) is 8.99. The second-order valence-electron chi connectivity index (χ2n) is 6.10. The second kappa shape index (κ2) is 9.01. The van der Waals surface area contributed by atoms with Gasteiger partial charge in [0.25, 0.3) is 5.91 Å². The van der Waals surface area contributed by atoms with Crippen LogP contribution in [0.15, 0.2) is 15.9 Å². The van der Waals surface area contributed by atoms with Crippen molar-refractivity contribution in [3.8, 4) is 0 Å². The number of thiophene rings is 1. The van der Waals surface area contributed by atoms with E-state index in [1.807, 2.05) is 6.07 Å².